The zero-order valence-corrected chi connectivity index (χ0v) is 14.6. The molecule has 0 fully saturated rings. The first-order valence-electron chi connectivity index (χ1n) is 7.93. The molecule has 1 atom stereocenters. The molecular weight excluding hydrogens is 310 g/mol. The summed E-state index contributed by atoms with van der Waals surface area (Å²) in [5.74, 6) is -1.02. The summed E-state index contributed by atoms with van der Waals surface area (Å²) in [4.78, 5) is 35.9. The molecule has 0 aromatic heterocycles. The lowest BCUT2D eigenvalue weighted by Crippen LogP contribution is -2.45. The Morgan fingerprint density at radius 3 is 2.29 bits per heavy atom. The number of rotatable bonds is 7. The molecule has 132 valence electrons. The molecule has 1 unspecified atom stereocenters. The van der Waals surface area contributed by atoms with Crippen molar-refractivity contribution in [1.82, 2.24) is 5.32 Å². The van der Waals surface area contributed by atoms with E-state index in [1.165, 1.54) is 0 Å². The molecule has 0 bridgehead atoms. The molecule has 0 radical (unpaired) electrons. The topological polar surface area (TPSA) is 81.7 Å². The third-order valence-corrected chi connectivity index (χ3v) is 2.99. The zero-order valence-electron chi connectivity index (χ0n) is 14.6. The lowest BCUT2D eigenvalue weighted by molar-refractivity contribution is -0.146. The van der Waals surface area contributed by atoms with Gasteiger partial charge in [-0.2, -0.15) is 0 Å². The van der Waals surface area contributed by atoms with Crippen LogP contribution in [0.3, 0.4) is 0 Å². The fourth-order valence-electron chi connectivity index (χ4n) is 2.02. The van der Waals surface area contributed by atoms with Gasteiger partial charge in [0.1, 0.15) is 12.0 Å². The number of esters is 1. The van der Waals surface area contributed by atoms with E-state index in [4.69, 9.17) is 9.47 Å². The van der Waals surface area contributed by atoms with Crippen LogP contribution in [0, 0.1) is 0 Å². The van der Waals surface area contributed by atoms with Crippen molar-refractivity contribution in [3.8, 4) is 0 Å². The van der Waals surface area contributed by atoms with Crippen LogP contribution in [0.25, 0.3) is 0 Å². The minimum Gasteiger partial charge on any atom is -0.466 e. The Morgan fingerprint density at radius 1 is 1.12 bits per heavy atom. The highest BCUT2D eigenvalue weighted by atomic mass is 16.6. The van der Waals surface area contributed by atoms with Crippen molar-refractivity contribution in [1.29, 1.82) is 0 Å². The highest BCUT2D eigenvalue weighted by molar-refractivity contribution is 5.99. The molecule has 24 heavy (non-hydrogen) atoms. The van der Waals surface area contributed by atoms with E-state index in [1.54, 1.807) is 27.7 Å². The Kier molecular flexibility index (Phi) is 7.42. The normalized spacial score (nSPS) is 12.2. The molecule has 0 heterocycles. The number of ether oxygens (including phenoxy) is 2. The van der Waals surface area contributed by atoms with Gasteiger partial charge in [-0.3, -0.25) is 9.59 Å². The van der Waals surface area contributed by atoms with E-state index < -0.39 is 29.5 Å². The first-order chi connectivity index (χ1) is 11.2. The molecule has 0 saturated heterocycles. The molecule has 0 aliphatic rings. The van der Waals surface area contributed by atoms with Crippen molar-refractivity contribution in [2.75, 3.05) is 6.61 Å². The Balaban J connectivity index is 2.80. The van der Waals surface area contributed by atoms with Crippen molar-refractivity contribution >= 4 is 17.8 Å². The molecule has 1 aromatic rings. The van der Waals surface area contributed by atoms with Crippen LogP contribution in [0.2, 0.25) is 0 Å². The summed E-state index contributed by atoms with van der Waals surface area (Å²) in [5, 5.41) is 2.55. The molecule has 0 saturated carbocycles. The third kappa shape index (κ3) is 7.76. The number of carbonyl (C=O) groups excluding carboxylic acids is 3. The van der Waals surface area contributed by atoms with Crippen molar-refractivity contribution in [2.24, 2.45) is 0 Å². The maximum Gasteiger partial charge on any atom is 0.408 e. The monoisotopic (exact) mass is 335 g/mol. The molecule has 6 nitrogen and oxygen atoms in total. The van der Waals surface area contributed by atoms with Crippen molar-refractivity contribution in [3.63, 3.8) is 0 Å². The van der Waals surface area contributed by atoms with Gasteiger partial charge in [0.25, 0.3) is 0 Å². The van der Waals surface area contributed by atoms with E-state index in [-0.39, 0.29) is 19.4 Å². The number of benzene rings is 1. The maximum absolute atomic E-state index is 12.4. The van der Waals surface area contributed by atoms with Crippen molar-refractivity contribution in [2.45, 2.75) is 52.2 Å². The second kappa shape index (κ2) is 9.05. The summed E-state index contributed by atoms with van der Waals surface area (Å²) in [5.41, 5.74) is 0.196. The molecule has 0 aliphatic heterocycles. The molecule has 6 heteroatoms. The summed E-state index contributed by atoms with van der Waals surface area (Å²) in [6, 6.07) is 8.39. The Bertz CT molecular complexity index is 563. The van der Waals surface area contributed by atoms with Gasteiger partial charge < -0.3 is 14.8 Å². The van der Waals surface area contributed by atoms with Gasteiger partial charge in [0.2, 0.25) is 0 Å². The minimum absolute atomic E-state index is 0.203. The van der Waals surface area contributed by atoms with Crippen LogP contribution in [-0.4, -0.2) is 36.1 Å². The van der Waals surface area contributed by atoms with Crippen LogP contribution in [-0.2, 0) is 25.5 Å². The highest BCUT2D eigenvalue weighted by Crippen LogP contribution is 2.10. The summed E-state index contributed by atoms with van der Waals surface area (Å²) >= 11 is 0. The zero-order chi connectivity index (χ0) is 18.2. The van der Waals surface area contributed by atoms with Gasteiger partial charge in [-0.1, -0.05) is 30.3 Å². The van der Waals surface area contributed by atoms with Gasteiger partial charge in [0, 0.05) is 0 Å². The first kappa shape index (κ1) is 19.7. The lowest BCUT2D eigenvalue weighted by atomic mass is 10.0. The molecule has 1 N–H and O–H groups in total. The van der Waals surface area contributed by atoms with Crippen molar-refractivity contribution in [3.05, 3.63) is 35.9 Å². The van der Waals surface area contributed by atoms with Gasteiger partial charge in [-0.25, -0.2) is 4.79 Å². The van der Waals surface area contributed by atoms with E-state index in [0.29, 0.717) is 0 Å². The molecule has 1 amide bonds. The summed E-state index contributed by atoms with van der Waals surface area (Å²) in [7, 11) is 0. The van der Waals surface area contributed by atoms with Gasteiger partial charge >= 0.3 is 12.1 Å². The fraction of sp³-hybridized carbons (Fsp3) is 0.500. The number of hydrogen-bond acceptors (Lipinski definition) is 5. The highest BCUT2D eigenvalue weighted by Gasteiger charge is 2.26. The number of alkyl carbamates (subject to hydrolysis) is 1. The van der Waals surface area contributed by atoms with E-state index in [9.17, 15) is 14.4 Å². The smallest absolute Gasteiger partial charge is 0.408 e. The number of amides is 1. The number of hydrogen-bond donors (Lipinski definition) is 1. The summed E-state index contributed by atoms with van der Waals surface area (Å²) in [6.45, 7) is 7.08. The number of nitrogens with one attached hydrogen (secondary N) is 1. The molecule has 0 aliphatic carbocycles. The Morgan fingerprint density at radius 2 is 1.75 bits per heavy atom. The summed E-state index contributed by atoms with van der Waals surface area (Å²) < 4.78 is 9.98. The van der Waals surface area contributed by atoms with Crippen LogP contribution in [0.1, 0.15) is 39.7 Å². The molecule has 0 spiro atoms. The van der Waals surface area contributed by atoms with Crippen LogP contribution in [0.5, 0.6) is 0 Å². The number of carbonyl (C=O) groups is 3. The molecule has 1 rings (SSSR count). The van der Waals surface area contributed by atoms with Gasteiger partial charge in [-0.05, 0) is 39.7 Å². The van der Waals surface area contributed by atoms with E-state index >= 15 is 0 Å². The average Bonchev–Trinajstić information content (AvgIpc) is 2.45. The standard InChI is InChI=1S/C18H25NO5/c1-5-23-16(21)12-15(20)14(11-13-9-7-6-8-10-13)19-17(22)24-18(2,3)4/h6-10,14H,5,11-12H2,1-4H3,(H,19,22). The minimum atomic E-state index is -0.855. The lowest BCUT2D eigenvalue weighted by Gasteiger charge is -2.23. The average molecular weight is 335 g/mol. The second-order valence-corrected chi connectivity index (χ2v) is 6.34. The van der Waals surface area contributed by atoms with E-state index in [0.717, 1.165) is 5.56 Å². The third-order valence-electron chi connectivity index (χ3n) is 2.99. The molecular formula is C18H25NO5. The summed E-state index contributed by atoms with van der Waals surface area (Å²) in [6.07, 6.45) is -0.805. The van der Waals surface area contributed by atoms with Crippen LogP contribution < -0.4 is 5.32 Å². The van der Waals surface area contributed by atoms with Crippen LogP contribution in [0.15, 0.2) is 30.3 Å². The van der Waals surface area contributed by atoms with E-state index in [1.807, 2.05) is 30.3 Å². The van der Waals surface area contributed by atoms with Crippen LogP contribution in [0.4, 0.5) is 4.79 Å². The number of ketones is 1. The first-order valence-corrected chi connectivity index (χ1v) is 7.93. The van der Waals surface area contributed by atoms with Gasteiger partial charge in [0.15, 0.2) is 5.78 Å². The maximum atomic E-state index is 12.4. The fourth-order valence-corrected chi connectivity index (χ4v) is 2.02. The Labute approximate surface area is 142 Å². The SMILES string of the molecule is CCOC(=O)CC(=O)C(Cc1ccccc1)NC(=O)OC(C)(C)C. The van der Waals surface area contributed by atoms with Crippen LogP contribution >= 0.6 is 0 Å². The largest absolute Gasteiger partial charge is 0.466 e. The van der Waals surface area contributed by atoms with E-state index in [2.05, 4.69) is 5.32 Å². The quantitative estimate of drug-likeness (QED) is 0.612. The van der Waals surface area contributed by atoms with Gasteiger partial charge in [0.05, 0.1) is 12.6 Å². The second-order valence-electron chi connectivity index (χ2n) is 6.34. The Hall–Kier alpha value is -2.37. The van der Waals surface area contributed by atoms with Gasteiger partial charge in [-0.15, -0.1) is 0 Å². The molecule has 1 aromatic carbocycles. The predicted octanol–water partition coefficient (Wildman–Crippen LogP) is 2.64. The number of Topliss-reactive ketones (excluding diaryl/α,β-unsaturated/α-hetero) is 1. The van der Waals surface area contributed by atoms with Crippen molar-refractivity contribution < 1.29 is 23.9 Å². The predicted molar refractivity (Wildman–Crippen MR) is 89.6 cm³/mol.